The minimum absolute atomic E-state index is 0.124. The van der Waals surface area contributed by atoms with Gasteiger partial charge in [-0.05, 0) is 74.8 Å². The van der Waals surface area contributed by atoms with E-state index in [0.717, 1.165) is 40.8 Å². The van der Waals surface area contributed by atoms with Gasteiger partial charge >= 0.3 is 0 Å². The number of anilines is 1. The Morgan fingerprint density at radius 1 is 1.12 bits per heavy atom. The number of nitrogens with zero attached hydrogens (tertiary/aromatic N) is 1. The highest BCUT2D eigenvalue weighted by Gasteiger charge is 2.20. The molecule has 1 aliphatic carbocycles. The normalized spacial score (nSPS) is 14.1. The number of carbonyl (C=O) groups is 1. The Labute approximate surface area is 207 Å². The first-order chi connectivity index (χ1) is 16.4. The van der Waals surface area contributed by atoms with Gasteiger partial charge < -0.3 is 10.3 Å². The minimum Gasteiger partial charge on any atom is -0.325 e. The van der Waals surface area contributed by atoms with E-state index in [2.05, 4.69) is 33.5 Å². The maximum Gasteiger partial charge on any atom is 0.260 e. The van der Waals surface area contributed by atoms with Gasteiger partial charge in [-0.3, -0.25) is 9.59 Å². The molecular formula is C27H27N3O2S2. The second kappa shape index (κ2) is 9.39. The predicted octanol–water partition coefficient (Wildman–Crippen LogP) is 6.27. The first-order valence-corrected chi connectivity index (χ1v) is 13.3. The number of thioether (sulfide) groups is 1. The molecule has 0 bridgehead atoms. The van der Waals surface area contributed by atoms with Crippen LogP contribution in [0.15, 0.2) is 51.7 Å². The lowest BCUT2D eigenvalue weighted by molar-refractivity contribution is -0.115. The van der Waals surface area contributed by atoms with Crippen molar-refractivity contribution < 1.29 is 4.79 Å². The van der Waals surface area contributed by atoms with Crippen LogP contribution in [-0.2, 0) is 17.6 Å². The van der Waals surface area contributed by atoms with Crippen molar-refractivity contribution in [3.8, 4) is 11.1 Å². The van der Waals surface area contributed by atoms with Gasteiger partial charge in [0.1, 0.15) is 4.83 Å². The lowest BCUT2D eigenvalue weighted by Crippen LogP contribution is -2.23. The summed E-state index contributed by atoms with van der Waals surface area (Å²) in [6, 6.07) is 12.5. The molecule has 0 saturated heterocycles. The second-order valence-electron chi connectivity index (χ2n) is 8.96. The van der Waals surface area contributed by atoms with E-state index in [1.165, 1.54) is 47.1 Å². The van der Waals surface area contributed by atoms with Gasteiger partial charge in [0.2, 0.25) is 5.91 Å². The number of hydrogen-bond donors (Lipinski definition) is 2. The lowest BCUT2D eigenvalue weighted by Gasteiger charge is -2.16. The van der Waals surface area contributed by atoms with Crippen molar-refractivity contribution >= 4 is 44.9 Å². The molecule has 0 spiro atoms. The molecule has 0 radical (unpaired) electrons. The molecule has 4 aromatic rings. The molecule has 1 atom stereocenters. The van der Waals surface area contributed by atoms with Crippen LogP contribution in [0, 0.1) is 13.8 Å². The summed E-state index contributed by atoms with van der Waals surface area (Å²) in [5, 5.41) is 5.66. The highest BCUT2D eigenvalue weighted by molar-refractivity contribution is 8.00. The number of aromatic nitrogens is 2. The number of aryl methyl sites for hydroxylation is 4. The van der Waals surface area contributed by atoms with Gasteiger partial charge in [-0.1, -0.05) is 47.7 Å². The summed E-state index contributed by atoms with van der Waals surface area (Å²) < 4.78 is 0. The number of benzene rings is 2. The Kier molecular flexibility index (Phi) is 6.32. The second-order valence-corrected chi connectivity index (χ2v) is 11.1. The third kappa shape index (κ3) is 4.55. The quantitative estimate of drug-likeness (QED) is 0.256. The summed E-state index contributed by atoms with van der Waals surface area (Å²) in [5.74, 6) is -0.124. The highest BCUT2D eigenvalue weighted by atomic mass is 32.2. The number of nitrogens with one attached hydrogen (secondary N) is 2. The molecule has 5 rings (SSSR count). The molecular weight excluding hydrogens is 462 g/mol. The van der Waals surface area contributed by atoms with Crippen LogP contribution in [-0.4, -0.2) is 21.1 Å². The molecule has 2 aromatic heterocycles. The zero-order valence-corrected chi connectivity index (χ0v) is 21.2. The molecule has 174 valence electrons. The number of amides is 1. The van der Waals surface area contributed by atoms with E-state index in [0.29, 0.717) is 15.4 Å². The van der Waals surface area contributed by atoms with Crippen molar-refractivity contribution in [2.75, 3.05) is 5.32 Å². The van der Waals surface area contributed by atoms with Crippen LogP contribution in [0.3, 0.4) is 0 Å². The fourth-order valence-electron chi connectivity index (χ4n) is 4.51. The molecule has 1 amide bonds. The van der Waals surface area contributed by atoms with Crippen molar-refractivity contribution in [3.05, 3.63) is 74.4 Å². The summed E-state index contributed by atoms with van der Waals surface area (Å²) >= 11 is 2.73. The molecule has 0 saturated carbocycles. The fraction of sp³-hybridized carbons (Fsp3) is 0.296. The Morgan fingerprint density at radius 3 is 2.71 bits per heavy atom. The molecule has 2 aromatic carbocycles. The standard InChI is InChI=1S/C27H27N3O2S2/c1-15-8-11-22(16(2)12-15)28-24(31)17(3)34-27-29-25(32)23-21(14-33-26(23)30-27)20-10-9-18-6-4-5-7-19(18)13-20/h8-14,17H,4-7H2,1-3H3,(H,28,31)(H,29,30,32). The van der Waals surface area contributed by atoms with Gasteiger partial charge in [0.05, 0.1) is 10.6 Å². The van der Waals surface area contributed by atoms with Crippen molar-refractivity contribution in [3.63, 3.8) is 0 Å². The number of rotatable bonds is 5. The van der Waals surface area contributed by atoms with E-state index < -0.39 is 5.25 Å². The number of aromatic amines is 1. The monoisotopic (exact) mass is 489 g/mol. The fourth-order valence-corrected chi connectivity index (χ4v) is 6.31. The van der Waals surface area contributed by atoms with Crippen LogP contribution in [0.2, 0.25) is 0 Å². The minimum atomic E-state index is -0.415. The molecule has 7 heteroatoms. The number of fused-ring (bicyclic) bond motifs is 2. The number of hydrogen-bond acceptors (Lipinski definition) is 5. The smallest absolute Gasteiger partial charge is 0.260 e. The summed E-state index contributed by atoms with van der Waals surface area (Å²) in [6.07, 6.45) is 4.71. The van der Waals surface area contributed by atoms with E-state index in [1.54, 1.807) is 0 Å². The van der Waals surface area contributed by atoms with Crippen molar-refractivity contribution in [2.45, 2.75) is 56.9 Å². The van der Waals surface area contributed by atoms with Crippen LogP contribution >= 0.6 is 23.1 Å². The molecule has 5 nitrogen and oxygen atoms in total. The largest absolute Gasteiger partial charge is 0.325 e. The maximum absolute atomic E-state index is 13.1. The van der Waals surface area contributed by atoms with Gasteiger partial charge in [0.25, 0.3) is 5.56 Å². The van der Waals surface area contributed by atoms with E-state index in [4.69, 9.17) is 0 Å². The van der Waals surface area contributed by atoms with E-state index in [9.17, 15) is 9.59 Å². The summed E-state index contributed by atoms with van der Waals surface area (Å²) in [6.45, 7) is 5.82. The maximum atomic E-state index is 13.1. The lowest BCUT2D eigenvalue weighted by atomic mass is 9.89. The van der Waals surface area contributed by atoms with Crippen molar-refractivity contribution in [2.24, 2.45) is 0 Å². The van der Waals surface area contributed by atoms with Crippen molar-refractivity contribution in [1.29, 1.82) is 0 Å². The molecule has 0 fully saturated rings. The van der Waals surface area contributed by atoms with Gasteiger partial charge in [0.15, 0.2) is 5.16 Å². The Bertz CT molecular complexity index is 1450. The van der Waals surface area contributed by atoms with E-state index >= 15 is 0 Å². The number of thiophene rings is 1. The highest BCUT2D eigenvalue weighted by Crippen LogP contribution is 2.34. The van der Waals surface area contributed by atoms with Gasteiger partial charge in [0, 0.05) is 16.6 Å². The average molecular weight is 490 g/mol. The van der Waals surface area contributed by atoms with E-state index in [1.807, 2.05) is 44.4 Å². The molecule has 2 heterocycles. The van der Waals surface area contributed by atoms with Crippen LogP contribution in [0.25, 0.3) is 21.3 Å². The molecule has 0 aliphatic heterocycles. The summed E-state index contributed by atoms with van der Waals surface area (Å²) in [7, 11) is 0. The van der Waals surface area contributed by atoms with Gasteiger partial charge in [-0.2, -0.15) is 0 Å². The number of carbonyl (C=O) groups excluding carboxylic acids is 1. The average Bonchev–Trinajstić information content (AvgIpc) is 3.25. The first kappa shape index (κ1) is 22.9. The van der Waals surface area contributed by atoms with Crippen LogP contribution in [0.4, 0.5) is 5.69 Å². The van der Waals surface area contributed by atoms with Crippen molar-refractivity contribution in [1.82, 2.24) is 9.97 Å². The Balaban J connectivity index is 1.37. The van der Waals surface area contributed by atoms with Gasteiger partial charge in [-0.25, -0.2) is 4.98 Å². The molecule has 1 unspecified atom stereocenters. The zero-order chi connectivity index (χ0) is 23.8. The van der Waals surface area contributed by atoms with E-state index in [-0.39, 0.29) is 11.5 Å². The Hall–Kier alpha value is -2.90. The third-order valence-corrected chi connectivity index (χ3v) is 8.24. The topological polar surface area (TPSA) is 74.8 Å². The van der Waals surface area contributed by atoms with Crippen LogP contribution in [0.1, 0.15) is 42.0 Å². The van der Waals surface area contributed by atoms with Crippen LogP contribution in [0.5, 0.6) is 0 Å². The SMILES string of the molecule is Cc1ccc(NC(=O)C(C)Sc2nc3scc(-c4ccc5c(c4)CCCC5)c3c(=O)[nH]2)c(C)c1. The van der Waals surface area contributed by atoms with Gasteiger partial charge in [-0.15, -0.1) is 11.3 Å². The molecule has 2 N–H and O–H groups in total. The Morgan fingerprint density at radius 2 is 1.91 bits per heavy atom. The third-order valence-electron chi connectivity index (χ3n) is 6.38. The van der Waals surface area contributed by atoms with Crippen LogP contribution < -0.4 is 10.9 Å². The summed E-state index contributed by atoms with van der Waals surface area (Å²) in [5.41, 5.74) is 7.62. The first-order valence-electron chi connectivity index (χ1n) is 11.6. The number of H-pyrrole nitrogens is 1. The zero-order valence-electron chi connectivity index (χ0n) is 19.5. The molecule has 34 heavy (non-hydrogen) atoms. The predicted molar refractivity (Wildman–Crippen MR) is 142 cm³/mol. The summed E-state index contributed by atoms with van der Waals surface area (Å²) in [4.78, 5) is 34.1. The molecule has 1 aliphatic rings.